The van der Waals surface area contributed by atoms with Gasteiger partial charge in [-0.1, -0.05) is 32.3 Å². The monoisotopic (exact) mass is 275 g/mol. The molecule has 0 bridgehead atoms. The SMILES string of the molecule is CCC1CCCC(Nc2ccc(C)c(OC)c2C)CC1. The predicted molar refractivity (Wildman–Crippen MR) is 86.7 cm³/mol. The molecule has 2 nitrogen and oxygen atoms in total. The molecule has 1 N–H and O–H groups in total. The van der Waals surface area contributed by atoms with E-state index in [-0.39, 0.29) is 0 Å². The van der Waals surface area contributed by atoms with Crippen molar-refractivity contribution in [1.82, 2.24) is 0 Å². The average Bonchev–Trinajstić information content (AvgIpc) is 2.68. The van der Waals surface area contributed by atoms with Crippen LogP contribution in [0.2, 0.25) is 0 Å². The third-order valence-electron chi connectivity index (χ3n) is 4.83. The molecule has 2 rings (SSSR count). The molecule has 1 fully saturated rings. The number of hydrogen-bond donors (Lipinski definition) is 1. The van der Waals surface area contributed by atoms with Crippen LogP contribution in [0.4, 0.5) is 5.69 Å². The maximum absolute atomic E-state index is 5.52. The first-order chi connectivity index (χ1) is 9.65. The quantitative estimate of drug-likeness (QED) is 0.773. The fraction of sp³-hybridized carbons (Fsp3) is 0.667. The van der Waals surface area contributed by atoms with Gasteiger partial charge in [-0.2, -0.15) is 0 Å². The number of anilines is 1. The lowest BCUT2D eigenvalue weighted by molar-refractivity contribution is 0.408. The van der Waals surface area contributed by atoms with Crippen LogP contribution in [0, 0.1) is 19.8 Å². The van der Waals surface area contributed by atoms with E-state index in [0.717, 1.165) is 11.7 Å². The average molecular weight is 275 g/mol. The fourth-order valence-electron chi connectivity index (χ4n) is 3.45. The number of nitrogens with one attached hydrogen (secondary N) is 1. The van der Waals surface area contributed by atoms with E-state index in [1.54, 1.807) is 7.11 Å². The summed E-state index contributed by atoms with van der Waals surface area (Å²) in [7, 11) is 1.76. The molecular formula is C18H29NO. The Hall–Kier alpha value is -1.18. The van der Waals surface area contributed by atoms with E-state index in [1.165, 1.54) is 55.3 Å². The van der Waals surface area contributed by atoms with Gasteiger partial charge in [0, 0.05) is 17.3 Å². The largest absolute Gasteiger partial charge is 0.496 e. The van der Waals surface area contributed by atoms with Crippen molar-refractivity contribution in [3.05, 3.63) is 23.3 Å². The Balaban J connectivity index is 2.06. The minimum absolute atomic E-state index is 0.623. The molecule has 0 heterocycles. The van der Waals surface area contributed by atoms with E-state index < -0.39 is 0 Å². The van der Waals surface area contributed by atoms with Crippen LogP contribution in [-0.2, 0) is 0 Å². The van der Waals surface area contributed by atoms with E-state index in [1.807, 2.05) is 0 Å². The minimum atomic E-state index is 0.623. The lowest BCUT2D eigenvalue weighted by Gasteiger charge is -2.21. The maximum atomic E-state index is 5.52. The summed E-state index contributed by atoms with van der Waals surface area (Å²) in [5.74, 6) is 1.96. The third-order valence-corrected chi connectivity index (χ3v) is 4.83. The Kier molecular flexibility index (Phi) is 5.33. The third kappa shape index (κ3) is 3.47. The van der Waals surface area contributed by atoms with Gasteiger partial charge >= 0.3 is 0 Å². The number of methoxy groups -OCH3 is 1. The van der Waals surface area contributed by atoms with Crippen molar-refractivity contribution < 1.29 is 4.74 Å². The summed E-state index contributed by atoms with van der Waals surface area (Å²) in [6.07, 6.45) is 8.07. The van der Waals surface area contributed by atoms with Gasteiger partial charge in [0.15, 0.2) is 0 Å². The molecule has 1 aromatic carbocycles. The smallest absolute Gasteiger partial charge is 0.126 e. The Morgan fingerprint density at radius 1 is 1.15 bits per heavy atom. The van der Waals surface area contributed by atoms with Crippen LogP contribution in [0.15, 0.2) is 12.1 Å². The molecule has 0 aliphatic heterocycles. The maximum Gasteiger partial charge on any atom is 0.126 e. The first kappa shape index (κ1) is 15.2. The van der Waals surface area contributed by atoms with Crippen molar-refractivity contribution in [2.24, 2.45) is 5.92 Å². The lowest BCUT2D eigenvalue weighted by atomic mass is 9.97. The zero-order valence-corrected chi connectivity index (χ0v) is 13.5. The number of ether oxygens (including phenoxy) is 1. The molecule has 2 atom stereocenters. The van der Waals surface area contributed by atoms with Crippen LogP contribution in [-0.4, -0.2) is 13.2 Å². The van der Waals surface area contributed by atoms with Crippen molar-refractivity contribution in [3.8, 4) is 5.75 Å². The highest BCUT2D eigenvalue weighted by atomic mass is 16.5. The molecule has 2 heteroatoms. The molecule has 0 spiro atoms. The van der Waals surface area contributed by atoms with Gasteiger partial charge in [0.05, 0.1) is 7.11 Å². The summed E-state index contributed by atoms with van der Waals surface area (Å²) in [5, 5.41) is 3.76. The van der Waals surface area contributed by atoms with E-state index in [4.69, 9.17) is 4.74 Å². The van der Waals surface area contributed by atoms with Gasteiger partial charge < -0.3 is 10.1 Å². The standard InChI is InChI=1S/C18H29NO/c1-5-15-7-6-8-16(11-10-15)19-17-12-9-13(2)18(20-4)14(17)3/h9,12,15-16,19H,5-8,10-11H2,1-4H3. The first-order valence-corrected chi connectivity index (χ1v) is 8.06. The number of aryl methyl sites for hydroxylation is 1. The van der Waals surface area contributed by atoms with Crippen molar-refractivity contribution in [1.29, 1.82) is 0 Å². The van der Waals surface area contributed by atoms with Crippen molar-refractivity contribution in [2.45, 2.75) is 65.3 Å². The van der Waals surface area contributed by atoms with Crippen LogP contribution in [0.25, 0.3) is 0 Å². The summed E-state index contributed by atoms with van der Waals surface area (Å²) in [6, 6.07) is 4.98. The number of benzene rings is 1. The summed E-state index contributed by atoms with van der Waals surface area (Å²) >= 11 is 0. The lowest BCUT2D eigenvalue weighted by Crippen LogP contribution is -2.19. The van der Waals surface area contributed by atoms with Gasteiger partial charge in [-0.15, -0.1) is 0 Å². The topological polar surface area (TPSA) is 21.3 Å². The molecule has 112 valence electrons. The second-order valence-electron chi connectivity index (χ2n) is 6.21. The highest BCUT2D eigenvalue weighted by Gasteiger charge is 2.18. The molecule has 1 aliphatic carbocycles. The van der Waals surface area contributed by atoms with Gasteiger partial charge in [-0.05, 0) is 50.7 Å². The minimum Gasteiger partial charge on any atom is -0.496 e. The first-order valence-electron chi connectivity index (χ1n) is 8.06. The highest BCUT2D eigenvalue weighted by Crippen LogP contribution is 2.32. The molecule has 20 heavy (non-hydrogen) atoms. The Morgan fingerprint density at radius 3 is 2.65 bits per heavy atom. The number of hydrogen-bond acceptors (Lipinski definition) is 2. The van der Waals surface area contributed by atoms with Gasteiger partial charge in [0.2, 0.25) is 0 Å². The molecule has 0 amide bonds. The van der Waals surface area contributed by atoms with Crippen molar-refractivity contribution >= 4 is 5.69 Å². The van der Waals surface area contributed by atoms with Crippen molar-refractivity contribution in [3.63, 3.8) is 0 Å². The summed E-state index contributed by atoms with van der Waals surface area (Å²) < 4.78 is 5.52. The molecule has 0 radical (unpaired) electrons. The fourth-order valence-corrected chi connectivity index (χ4v) is 3.45. The van der Waals surface area contributed by atoms with Gasteiger partial charge in [0.25, 0.3) is 0 Å². The molecule has 0 aromatic heterocycles. The molecular weight excluding hydrogens is 246 g/mol. The second kappa shape index (κ2) is 7.01. The Labute approximate surface area is 123 Å². The van der Waals surface area contributed by atoms with Crippen LogP contribution in [0.5, 0.6) is 5.75 Å². The van der Waals surface area contributed by atoms with Crippen LogP contribution in [0.1, 0.15) is 56.6 Å². The van der Waals surface area contributed by atoms with E-state index >= 15 is 0 Å². The van der Waals surface area contributed by atoms with Crippen LogP contribution < -0.4 is 10.1 Å². The molecule has 1 aromatic rings. The zero-order valence-electron chi connectivity index (χ0n) is 13.5. The van der Waals surface area contributed by atoms with E-state index in [0.29, 0.717) is 6.04 Å². The molecule has 1 aliphatic rings. The molecule has 1 saturated carbocycles. The highest BCUT2D eigenvalue weighted by molar-refractivity contribution is 5.60. The Bertz CT molecular complexity index is 441. The summed E-state index contributed by atoms with van der Waals surface area (Å²) in [6.45, 7) is 6.58. The summed E-state index contributed by atoms with van der Waals surface area (Å²) in [5.41, 5.74) is 3.69. The van der Waals surface area contributed by atoms with Gasteiger partial charge in [-0.3, -0.25) is 0 Å². The van der Waals surface area contributed by atoms with E-state index in [2.05, 4.69) is 38.2 Å². The molecule has 2 unspecified atom stereocenters. The normalized spacial score (nSPS) is 23.2. The van der Waals surface area contributed by atoms with Gasteiger partial charge in [0.1, 0.15) is 5.75 Å². The Morgan fingerprint density at radius 2 is 1.95 bits per heavy atom. The van der Waals surface area contributed by atoms with E-state index in [9.17, 15) is 0 Å². The summed E-state index contributed by atoms with van der Waals surface area (Å²) in [4.78, 5) is 0. The second-order valence-corrected chi connectivity index (χ2v) is 6.21. The number of rotatable bonds is 4. The van der Waals surface area contributed by atoms with Gasteiger partial charge in [-0.25, -0.2) is 0 Å². The van der Waals surface area contributed by atoms with Crippen molar-refractivity contribution in [2.75, 3.05) is 12.4 Å². The zero-order chi connectivity index (χ0) is 14.5. The molecule has 0 saturated heterocycles. The van der Waals surface area contributed by atoms with Crippen LogP contribution in [0.3, 0.4) is 0 Å². The van der Waals surface area contributed by atoms with Crippen LogP contribution >= 0.6 is 0 Å². The predicted octanol–water partition coefficient (Wildman–Crippen LogP) is 5.08.